The van der Waals surface area contributed by atoms with Gasteiger partial charge in [-0.05, 0) is 59.3 Å². The van der Waals surface area contributed by atoms with Crippen molar-refractivity contribution in [2.75, 3.05) is 0 Å². The second-order valence-corrected chi connectivity index (χ2v) is 7.87. The zero-order chi connectivity index (χ0) is 25.5. The lowest BCUT2D eigenvalue weighted by Gasteiger charge is -2.20. The Labute approximate surface area is 194 Å². The zero-order valence-electron chi connectivity index (χ0n) is 18.0. The van der Waals surface area contributed by atoms with Gasteiger partial charge in [0.15, 0.2) is 17.5 Å². The van der Waals surface area contributed by atoms with Gasteiger partial charge in [-0.25, -0.2) is 26.3 Å². The van der Waals surface area contributed by atoms with Gasteiger partial charge in [0, 0.05) is 17.0 Å². The minimum Gasteiger partial charge on any atom is -0.429 e. The van der Waals surface area contributed by atoms with E-state index in [1.165, 1.54) is 12.1 Å². The largest absolute Gasteiger partial charge is 0.432 e. The predicted molar refractivity (Wildman–Crippen MR) is 114 cm³/mol. The Kier molecular flexibility index (Phi) is 6.44. The summed E-state index contributed by atoms with van der Waals surface area (Å²) in [5, 5.41) is -0.288. The fraction of sp³-hybridized carbons (Fsp3) is 0.154. The van der Waals surface area contributed by atoms with E-state index in [2.05, 4.69) is 4.74 Å². The number of rotatable bonds is 6. The summed E-state index contributed by atoms with van der Waals surface area (Å²) >= 11 is 0. The molecule has 0 amide bonds. The Morgan fingerprint density at radius 1 is 0.714 bits per heavy atom. The minimum absolute atomic E-state index is 0.0531. The summed E-state index contributed by atoms with van der Waals surface area (Å²) < 4.78 is 118. The molecule has 0 N–H and O–H groups in total. The Balaban J connectivity index is 1.65. The van der Waals surface area contributed by atoms with Gasteiger partial charge in [0.25, 0.3) is 0 Å². The molecule has 0 bridgehead atoms. The molecule has 0 fully saturated rings. The first-order chi connectivity index (χ1) is 16.5. The van der Waals surface area contributed by atoms with E-state index in [0.717, 1.165) is 36.4 Å². The normalized spacial score (nSPS) is 11.8. The third-order valence-corrected chi connectivity index (χ3v) is 5.40. The van der Waals surface area contributed by atoms with Gasteiger partial charge in [-0.1, -0.05) is 25.5 Å². The number of halogens is 8. The monoisotopic (exact) mass is 496 g/mol. The second-order valence-electron chi connectivity index (χ2n) is 7.87. The molecule has 4 aromatic rings. The summed E-state index contributed by atoms with van der Waals surface area (Å²) in [7, 11) is 0. The number of hydrogen-bond donors (Lipinski definition) is 0. The van der Waals surface area contributed by atoms with Crippen LogP contribution in [-0.2, 0) is 12.5 Å². The van der Waals surface area contributed by atoms with Gasteiger partial charge in [0.2, 0.25) is 0 Å². The second kappa shape index (κ2) is 9.20. The number of ether oxygens (including phenoxy) is 1. The number of benzene rings is 4. The van der Waals surface area contributed by atoms with Crippen LogP contribution in [-0.4, -0.2) is 0 Å². The van der Waals surface area contributed by atoms with E-state index in [1.807, 2.05) is 0 Å². The molecule has 0 saturated carbocycles. The highest BCUT2D eigenvalue weighted by Gasteiger charge is 2.41. The summed E-state index contributed by atoms with van der Waals surface area (Å²) in [5.74, 6) is -9.24. The molecular weight excluding hydrogens is 480 g/mol. The van der Waals surface area contributed by atoms with Crippen molar-refractivity contribution in [3.05, 3.63) is 101 Å². The summed E-state index contributed by atoms with van der Waals surface area (Å²) in [6.45, 7) is 1.76. The molecule has 182 valence electrons. The molecular formula is C26H16F8O. The van der Waals surface area contributed by atoms with E-state index >= 15 is 0 Å². The molecule has 4 aromatic carbocycles. The maximum Gasteiger partial charge on any atom is 0.432 e. The predicted octanol–water partition coefficient (Wildman–Crippen LogP) is 8.42. The first-order valence-corrected chi connectivity index (χ1v) is 10.4. The van der Waals surface area contributed by atoms with Crippen LogP contribution in [0.3, 0.4) is 0 Å². The van der Waals surface area contributed by atoms with Gasteiger partial charge >= 0.3 is 6.11 Å². The van der Waals surface area contributed by atoms with Gasteiger partial charge in [-0.2, -0.15) is 8.78 Å². The molecule has 0 radical (unpaired) electrons. The van der Waals surface area contributed by atoms with Crippen LogP contribution in [0.1, 0.15) is 24.5 Å². The molecule has 1 nitrogen and oxygen atoms in total. The maximum atomic E-state index is 14.8. The lowest BCUT2D eigenvalue weighted by molar-refractivity contribution is -0.189. The Morgan fingerprint density at radius 2 is 1.40 bits per heavy atom. The fourth-order valence-corrected chi connectivity index (χ4v) is 3.80. The van der Waals surface area contributed by atoms with E-state index < -0.39 is 52.3 Å². The highest BCUT2D eigenvalue weighted by Crippen LogP contribution is 2.37. The SMILES string of the molecule is CCCc1cc(F)c(C(F)(F)Oc2ccc(-c3ccc4c(F)c(F)c(F)cc4c3)c(F)c2)c(F)c1. The van der Waals surface area contributed by atoms with Gasteiger partial charge in [-0.3, -0.25) is 0 Å². The molecule has 0 saturated heterocycles. The minimum atomic E-state index is -4.45. The van der Waals surface area contributed by atoms with Gasteiger partial charge in [0.1, 0.15) is 28.8 Å². The highest BCUT2D eigenvalue weighted by atomic mass is 19.3. The third-order valence-electron chi connectivity index (χ3n) is 5.40. The lowest BCUT2D eigenvalue weighted by atomic mass is 10.00. The van der Waals surface area contributed by atoms with Crippen molar-refractivity contribution in [1.82, 2.24) is 0 Å². The van der Waals surface area contributed by atoms with Crippen molar-refractivity contribution < 1.29 is 39.9 Å². The van der Waals surface area contributed by atoms with Crippen LogP contribution in [0.5, 0.6) is 5.75 Å². The molecule has 0 aliphatic rings. The van der Waals surface area contributed by atoms with E-state index in [1.54, 1.807) is 6.92 Å². The molecule has 0 spiro atoms. The van der Waals surface area contributed by atoms with Crippen LogP contribution in [0.2, 0.25) is 0 Å². The fourth-order valence-electron chi connectivity index (χ4n) is 3.80. The highest BCUT2D eigenvalue weighted by molar-refractivity contribution is 5.88. The molecule has 0 aromatic heterocycles. The average Bonchev–Trinajstić information content (AvgIpc) is 2.76. The van der Waals surface area contributed by atoms with Gasteiger partial charge in [0.05, 0.1) is 0 Å². The van der Waals surface area contributed by atoms with Crippen LogP contribution in [0.25, 0.3) is 21.9 Å². The van der Waals surface area contributed by atoms with E-state index in [4.69, 9.17) is 0 Å². The van der Waals surface area contributed by atoms with E-state index in [-0.39, 0.29) is 33.9 Å². The Hall–Kier alpha value is -3.62. The van der Waals surface area contributed by atoms with Crippen LogP contribution in [0, 0.1) is 34.9 Å². The van der Waals surface area contributed by atoms with Crippen LogP contribution in [0.15, 0.2) is 54.6 Å². The zero-order valence-corrected chi connectivity index (χ0v) is 18.0. The molecule has 4 rings (SSSR count). The molecule has 35 heavy (non-hydrogen) atoms. The topological polar surface area (TPSA) is 9.23 Å². The summed E-state index contributed by atoms with van der Waals surface area (Å²) in [5.41, 5.74) is -1.43. The van der Waals surface area contributed by atoms with Crippen molar-refractivity contribution in [3.8, 4) is 16.9 Å². The molecule has 0 aliphatic heterocycles. The number of hydrogen-bond acceptors (Lipinski definition) is 1. The molecule has 0 heterocycles. The Bertz CT molecular complexity index is 1410. The van der Waals surface area contributed by atoms with Crippen LogP contribution >= 0.6 is 0 Å². The quantitative estimate of drug-likeness (QED) is 0.192. The molecule has 9 heteroatoms. The van der Waals surface area contributed by atoms with Crippen molar-refractivity contribution in [3.63, 3.8) is 0 Å². The number of fused-ring (bicyclic) bond motifs is 1. The van der Waals surface area contributed by atoms with Crippen LogP contribution in [0.4, 0.5) is 35.1 Å². The average molecular weight is 496 g/mol. The van der Waals surface area contributed by atoms with Crippen molar-refractivity contribution in [1.29, 1.82) is 0 Å². The van der Waals surface area contributed by atoms with Gasteiger partial charge in [-0.15, -0.1) is 0 Å². The summed E-state index contributed by atoms with van der Waals surface area (Å²) in [4.78, 5) is 0. The third kappa shape index (κ3) is 4.67. The number of aryl methyl sites for hydroxylation is 1. The Morgan fingerprint density at radius 3 is 2.03 bits per heavy atom. The maximum absolute atomic E-state index is 14.8. The summed E-state index contributed by atoms with van der Waals surface area (Å²) in [6, 6.07) is 8.45. The van der Waals surface area contributed by atoms with Crippen LogP contribution < -0.4 is 4.74 Å². The van der Waals surface area contributed by atoms with Crippen molar-refractivity contribution >= 4 is 10.8 Å². The first-order valence-electron chi connectivity index (χ1n) is 10.4. The molecule has 0 atom stereocenters. The summed E-state index contributed by atoms with van der Waals surface area (Å²) in [6.07, 6.45) is -3.61. The first kappa shape index (κ1) is 24.5. The lowest BCUT2D eigenvalue weighted by Crippen LogP contribution is -2.25. The molecule has 0 aliphatic carbocycles. The van der Waals surface area contributed by atoms with Crippen molar-refractivity contribution in [2.24, 2.45) is 0 Å². The smallest absolute Gasteiger partial charge is 0.429 e. The standard InChI is InChI=1S/C26H16F8O/c1-2-3-13-8-20(28)23(21(29)9-13)26(33,34)35-16-5-7-17(19(27)12-16)14-4-6-18-15(10-14)11-22(30)25(32)24(18)31/h4-12H,2-3H2,1H3. The number of alkyl halides is 2. The van der Waals surface area contributed by atoms with Gasteiger partial charge < -0.3 is 4.74 Å². The van der Waals surface area contributed by atoms with E-state index in [9.17, 15) is 35.1 Å². The van der Waals surface area contributed by atoms with E-state index in [0.29, 0.717) is 12.5 Å². The van der Waals surface area contributed by atoms with Crippen molar-refractivity contribution in [2.45, 2.75) is 25.9 Å². The molecule has 0 unspecified atom stereocenters.